The normalized spacial score (nSPS) is 16.3. The molecule has 1 saturated heterocycles. The van der Waals surface area contributed by atoms with Crippen LogP contribution in [0.4, 0.5) is 11.5 Å². The maximum Gasteiger partial charge on any atom is 0.251 e. The van der Waals surface area contributed by atoms with Crippen LogP contribution < -0.4 is 20.1 Å². The quantitative estimate of drug-likeness (QED) is 0.587. The minimum absolute atomic E-state index is 0.0223. The molecule has 1 amide bonds. The lowest BCUT2D eigenvalue weighted by Crippen LogP contribution is -2.43. The van der Waals surface area contributed by atoms with Gasteiger partial charge in [0.15, 0.2) is 17.3 Å². The summed E-state index contributed by atoms with van der Waals surface area (Å²) >= 11 is 0. The van der Waals surface area contributed by atoms with Gasteiger partial charge in [-0.1, -0.05) is 0 Å². The number of aromatic nitrogens is 2. The van der Waals surface area contributed by atoms with Crippen LogP contribution in [0.15, 0.2) is 48.5 Å². The smallest absolute Gasteiger partial charge is 0.251 e. The molecule has 2 aliphatic rings. The first-order valence-corrected chi connectivity index (χ1v) is 10.5. The number of anilines is 2. The maximum atomic E-state index is 12.5. The molecular weight excluding hydrogens is 394 g/mol. The summed E-state index contributed by atoms with van der Waals surface area (Å²) in [6, 6.07) is 15.4. The van der Waals surface area contributed by atoms with E-state index in [0.29, 0.717) is 11.4 Å². The highest BCUT2D eigenvalue weighted by atomic mass is 16.7. The van der Waals surface area contributed by atoms with Gasteiger partial charge in [-0.3, -0.25) is 9.89 Å². The number of rotatable bonds is 5. The van der Waals surface area contributed by atoms with E-state index in [1.165, 1.54) is 0 Å². The van der Waals surface area contributed by atoms with Gasteiger partial charge in [0.05, 0.1) is 5.69 Å². The minimum Gasteiger partial charge on any atom is -0.454 e. The Labute approximate surface area is 180 Å². The van der Waals surface area contributed by atoms with E-state index in [0.717, 1.165) is 54.4 Å². The van der Waals surface area contributed by atoms with Crippen LogP contribution in [0.3, 0.4) is 0 Å². The molecule has 0 radical (unpaired) electrons. The molecule has 3 heterocycles. The van der Waals surface area contributed by atoms with Gasteiger partial charge in [0.1, 0.15) is 0 Å². The zero-order valence-electron chi connectivity index (χ0n) is 17.4. The lowest BCUT2D eigenvalue weighted by atomic mass is 10.0. The summed E-state index contributed by atoms with van der Waals surface area (Å²) in [5, 5.41) is 13.8. The molecule has 0 unspecified atom stereocenters. The van der Waals surface area contributed by atoms with Gasteiger partial charge in [-0.05, 0) is 75.4 Å². The summed E-state index contributed by atoms with van der Waals surface area (Å²) in [7, 11) is 2.11. The lowest BCUT2D eigenvalue weighted by molar-refractivity contribution is 0.0917. The molecular formula is C23H25N5O3. The predicted molar refractivity (Wildman–Crippen MR) is 118 cm³/mol. The third-order valence-corrected chi connectivity index (χ3v) is 5.73. The van der Waals surface area contributed by atoms with Crippen molar-refractivity contribution in [2.75, 3.05) is 32.2 Å². The van der Waals surface area contributed by atoms with Crippen molar-refractivity contribution in [3.63, 3.8) is 0 Å². The van der Waals surface area contributed by atoms with Crippen LogP contribution in [0.2, 0.25) is 0 Å². The molecule has 8 heteroatoms. The number of carbonyl (C=O) groups is 1. The number of amides is 1. The molecule has 31 heavy (non-hydrogen) atoms. The summed E-state index contributed by atoms with van der Waals surface area (Å²) in [6.45, 7) is 2.29. The molecule has 5 rings (SSSR count). The molecule has 0 saturated carbocycles. The van der Waals surface area contributed by atoms with Crippen molar-refractivity contribution in [3.8, 4) is 22.8 Å². The molecule has 1 aromatic heterocycles. The molecule has 2 aliphatic heterocycles. The molecule has 1 fully saturated rings. The summed E-state index contributed by atoms with van der Waals surface area (Å²) in [6.07, 6.45) is 1.99. The van der Waals surface area contributed by atoms with Crippen LogP contribution in [0, 0.1) is 0 Å². The van der Waals surface area contributed by atoms with Crippen LogP contribution in [0.1, 0.15) is 23.2 Å². The first-order chi connectivity index (χ1) is 15.1. The van der Waals surface area contributed by atoms with Gasteiger partial charge < -0.3 is 25.0 Å². The molecule has 160 valence electrons. The second-order valence-corrected chi connectivity index (χ2v) is 7.99. The van der Waals surface area contributed by atoms with Crippen molar-refractivity contribution in [2.24, 2.45) is 0 Å². The molecule has 0 aliphatic carbocycles. The number of nitrogens with one attached hydrogen (secondary N) is 3. The van der Waals surface area contributed by atoms with Gasteiger partial charge in [-0.15, -0.1) is 0 Å². The number of hydrogen-bond acceptors (Lipinski definition) is 6. The number of ether oxygens (including phenoxy) is 2. The third kappa shape index (κ3) is 4.34. The highest BCUT2D eigenvalue weighted by molar-refractivity contribution is 5.94. The van der Waals surface area contributed by atoms with Gasteiger partial charge in [-0.25, -0.2) is 0 Å². The highest BCUT2D eigenvalue weighted by Crippen LogP contribution is 2.35. The summed E-state index contributed by atoms with van der Waals surface area (Å²) in [4.78, 5) is 14.8. The number of nitrogens with zero attached hydrogens (tertiary/aromatic N) is 2. The monoisotopic (exact) mass is 419 g/mol. The number of fused-ring (bicyclic) bond motifs is 1. The van der Waals surface area contributed by atoms with Crippen molar-refractivity contribution in [2.45, 2.75) is 18.9 Å². The van der Waals surface area contributed by atoms with E-state index in [1.807, 2.05) is 48.5 Å². The Bertz CT molecular complexity index is 1070. The van der Waals surface area contributed by atoms with Crippen LogP contribution in [-0.4, -0.2) is 54.0 Å². The minimum atomic E-state index is -0.0223. The summed E-state index contributed by atoms with van der Waals surface area (Å²) < 4.78 is 10.8. The third-order valence-electron chi connectivity index (χ3n) is 5.73. The molecule has 0 atom stereocenters. The molecule has 2 aromatic carbocycles. The van der Waals surface area contributed by atoms with E-state index in [9.17, 15) is 4.79 Å². The lowest BCUT2D eigenvalue weighted by Gasteiger charge is -2.29. The summed E-state index contributed by atoms with van der Waals surface area (Å²) in [5.74, 6) is 2.15. The molecule has 3 N–H and O–H groups in total. The van der Waals surface area contributed by atoms with Gasteiger partial charge in [0.25, 0.3) is 5.91 Å². The Morgan fingerprint density at radius 1 is 1.06 bits per heavy atom. The molecule has 3 aromatic rings. The first-order valence-electron chi connectivity index (χ1n) is 10.5. The number of likely N-dealkylation sites (tertiary alicyclic amines) is 1. The zero-order valence-corrected chi connectivity index (χ0v) is 17.4. The van der Waals surface area contributed by atoms with Crippen molar-refractivity contribution in [1.29, 1.82) is 0 Å². The van der Waals surface area contributed by atoms with E-state index >= 15 is 0 Å². The van der Waals surface area contributed by atoms with Crippen LogP contribution in [-0.2, 0) is 0 Å². The topological polar surface area (TPSA) is 91.5 Å². The first kappa shape index (κ1) is 19.4. The molecule has 0 bridgehead atoms. The Hall–Kier alpha value is -3.52. The SMILES string of the molecule is CN1CCC(NC(=O)c2ccc(Nc3cc(-c4ccc5c(c4)OCO5)[nH]n3)cc2)CC1. The second kappa shape index (κ2) is 8.31. The van der Waals surface area contributed by atoms with E-state index in [-0.39, 0.29) is 18.7 Å². The fraction of sp³-hybridized carbons (Fsp3) is 0.304. The number of aromatic amines is 1. The number of benzene rings is 2. The Morgan fingerprint density at radius 3 is 2.65 bits per heavy atom. The van der Waals surface area contributed by atoms with E-state index in [4.69, 9.17) is 9.47 Å². The van der Waals surface area contributed by atoms with E-state index in [2.05, 4.69) is 32.8 Å². The number of hydrogen-bond donors (Lipinski definition) is 3. The summed E-state index contributed by atoms with van der Waals surface area (Å²) in [5.41, 5.74) is 3.35. The fourth-order valence-corrected chi connectivity index (χ4v) is 3.87. The Kier molecular flexibility index (Phi) is 5.21. The highest BCUT2D eigenvalue weighted by Gasteiger charge is 2.19. The second-order valence-electron chi connectivity index (χ2n) is 7.99. The standard InChI is InChI=1S/C23H25N5O3/c1-28-10-8-18(9-11-28)25-23(29)15-2-5-17(6-3-15)24-22-13-19(26-27-22)16-4-7-20-21(12-16)31-14-30-20/h2-7,12-13,18H,8-11,14H2,1H3,(H,25,29)(H2,24,26,27). The Morgan fingerprint density at radius 2 is 1.84 bits per heavy atom. The number of piperidine rings is 1. The van der Waals surface area contributed by atoms with Gasteiger partial charge in [0.2, 0.25) is 6.79 Å². The maximum absolute atomic E-state index is 12.5. The average Bonchev–Trinajstić information content (AvgIpc) is 3.45. The van der Waals surface area contributed by atoms with Gasteiger partial charge in [-0.2, -0.15) is 5.10 Å². The predicted octanol–water partition coefficient (Wildman–Crippen LogP) is 3.37. The van der Waals surface area contributed by atoms with Gasteiger partial charge in [0, 0.05) is 28.9 Å². The Balaban J connectivity index is 1.21. The molecule has 0 spiro atoms. The van der Waals surface area contributed by atoms with Crippen LogP contribution in [0.5, 0.6) is 11.5 Å². The van der Waals surface area contributed by atoms with Gasteiger partial charge >= 0.3 is 0 Å². The average molecular weight is 419 g/mol. The zero-order chi connectivity index (χ0) is 21.2. The van der Waals surface area contributed by atoms with Crippen LogP contribution >= 0.6 is 0 Å². The van der Waals surface area contributed by atoms with Crippen molar-refractivity contribution in [3.05, 3.63) is 54.1 Å². The van der Waals surface area contributed by atoms with Crippen molar-refractivity contribution < 1.29 is 14.3 Å². The fourth-order valence-electron chi connectivity index (χ4n) is 3.87. The van der Waals surface area contributed by atoms with E-state index in [1.54, 1.807) is 0 Å². The van der Waals surface area contributed by atoms with Crippen molar-refractivity contribution in [1.82, 2.24) is 20.4 Å². The largest absolute Gasteiger partial charge is 0.454 e. The number of H-pyrrole nitrogens is 1. The van der Waals surface area contributed by atoms with Crippen molar-refractivity contribution >= 4 is 17.4 Å². The molecule has 8 nitrogen and oxygen atoms in total. The van der Waals surface area contributed by atoms with Crippen LogP contribution in [0.25, 0.3) is 11.3 Å². The number of carbonyl (C=O) groups excluding carboxylic acids is 1. The van der Waals surface area contributed by atoms with E-state index < -0.39 is 0 Å².